The Hall–Kier alpha value is -1.11. The maximum Gasteiger partial charge on any atom is 0.263 e. The van der Waals surface area contributed by atoms with Crippen molar-refractivity contribution in [2.24, 2.45) is 0 Å². The number of nitrogens with zero attached hydrogens (tertiary/aromatic N) is 1. The van der Waals surface area contributed by atoms with E-state index >= 15 is 0 Å². The smallest absolute Gasteiger partial charge is 0.263 e. The van der Waals surface area contributed by atoms with Crippen molar-refractivity contribution >= 4 is 48.9 Å². The summed E-state index contributed by atoms with van der Waals surface area (Å²) in [6, 6.07) is 6.60. The van der Waals surface area contributed by atoms with E-state index < -0.39 is 0 Å². The first-order chi connectivity index (χ1) is 10.1. The molecular formula is C15H18BrN3OS. The molecule has 1 aromatic heterocycles. The molecule has 1 amide bonds. The van der Waals surface area contributed by atoms with Crippen molar-refractivity contribution in [3.8, 4) is 0 Å². The van der Waals surface area contributed by atoms with Crippen LogP contribution in [0.25, 0.3) is 10.1 Å². The SMILES string of the molecule is CN(CCNC(=O)c1sc2cccc(Br)c2c1N)C1CC1. The number of hydrogen-bond donors (Lipinski definition) is 2. The Morgan fingerprint density at radius 1 is 1.52 bits per heavy atom. The van der Waals surface area contributed by atoms with Gasteiger partial charge in [0.1, 0.15) is 4.88 Å². The molecule has 0 spiro atoms. The van der Waals surface area contributed by atoms with Crippen molar-refractivity contribution in [1.29, 1.82) is 0 Å². The highest BCUT2D eigenvalue weighted by Gasteiger charge is 2.25. The van der Waals surface area contributed by atoms with Crippen LogP contribution in [0.2, 0.25) is 0 Å². The number of nitrogens with two attached hydrogens (primary N) is 1. The highest BCUT2D eigenvalue weighted by Crippen LogP contribution is 2.38. The number of fused-ring (bicyclic) bond motifs is 1. The van der Waals surface area contributed by atoms with Gasteiger partial charge in [0.05, 0.1) is 5.69 Å². The summed E-state index contributed by atoms with van der Waals surface area (Å²) in [5, 5.41) is 3.90. The predicted octanol–water partition coefficient (Wildman–Crippen LogP) is 3.07. The van der Waals surface area contributed by atoms with E-state index in [1.54, 1.807) is 0 Å². The second kappa shape index (κ2) is 5.94. The molecule has 1 heterocycles. The van der Waals surface area contributed by atoms with E-state index in [0.29, 0.717) is 23.2 Å². The third-order valence-corrected chi connectivity index (χ3v) is 5.66. The number of carbonyl (C=O) groups is 1. The van der Waals surface area contributed by atoms with Crippen molar-refractivity contribution < 1.29 is 4.79 Å². The number of amides is 1. The third-order valence-electron chi connectivity index (χ3n) is 3.83. The van der Waals surface area contributed by atoms with Crippen molar-refractivity contribution in [2.45, 2.75) is 18.9 Å². The standard InChI is InChI=1S/C15H18BrN3OS/c1-19(9-5-6-9)8-7-18-15(20)14-13(17)12-10(16)3-2-4-11(12)21-14/h2-4,9H,5-8,17H2,1H3,(H,18,20). The maximum absolute atomic E-state index is 12.3. The summed E-state index contributed by atoms with van der Waals surface area (Å²) in [7, 11) is 2.11. The summed E-state index contributed by atoms with van der Waals surface area (Å²) in [5.41, 5.74) is 6.70. The van der Waals surface area contributed by atoms with Crippen molar-refractivity contribution in [3.63, 3.8) is 0 Å². The topological polar surface area (TPSA) is 58.4 Å². The fraction of sp³-hybridized carbons (Fsp3) is 0.400. The van der Waals surface area contributed by atoms with Crippen LogP contribution in [0.15, 0.2) is 22.7 Å². The molecular weight excluding hydrogens is 350 g/mol. The van der Waals surface area contributed by atoms with Crippen LogP contribution in [0.3, 0.4) is 0 Å². The van der Waals surface area contributed by atoms with E-state index in [0.717, 1.165) is 21.1 Å². The van der Waals surface area contributed by atoms with Gasteiger partial charge in [-0.25, -0.2) is 0 Å². The monoisotopic (exact) mass is 367 g/mol. The van der Waals surface area contributed by atoms with Crippen LogP contribution < -0.4 is 11.1 Å². The third kappa shape index (κ3) is 3.07. The van der Waals surface area contributed by atoms with Gasteiger partial charge in [0.15, 0.2) is 0 Å². The van der Waals surface area contributed by atoms with Crippen LogP contribution in [0.1, 0.15) is 22.5 Å². The first kappa shape index (κ1) is 14.8. The number of benzene rings is 1. The highest BCUT2D eigenvalue weighted by molar-refractivity contribution is 9.10. The molecule has 0 saturated heterocycles. The van der Waals surface area contributed by atoms with E-state index in [-0.39, 0.29) is 5.91 Å². The van der Waals surface area contributed by atoms with Crippen LogP contribution in [-0.2, 0) is 0 Å². The van der Waals surface area contributed by atoms with Gasteiger partial charge in [-0.3, -0.25) is 4.79 Å². The summed E-state index contributed by atoms with van der Waals surface area (Å²) in [6.45, 7) is 1.53. The van der Waals surface area contributed by atoms with Gasteiger partial charge in [-0.05, 0) is 32.0 Å². The lowest BCUT2D eigenvalue weighted by Crippen LogP contribution is -2.33. The average molecular weight is 368 g/mol. The summed E-state index contributed by atoms with van der Waals surface area (Å²) in [5.74, 6) is -0.0789. The Labute approximate surface area is 136 Å². The lowest BCUT2D eigenvalue weighted by Gasteiger charge is -2.15. The second-order valence-electron chi connectivity index (χ2n) is 5.43. The minimum Gasteiger partial charge on any atom is -0.397 e. The number of nitrogens with one attached hydrogen (secondary N) is 1. The molecule has 1 aromatic carbocycles. The Morgan fingerprint density at radius 2 is 2.29 bits per heavy atom. The second-order valence-corrected chi connectivity index (χ2v) is 7.33. The van der Waals surface area contributed by atoms with E-state index in [9.17, 15) is 4.79 Å². The van der Waals surface area contributed by atoms with Gasteiger partial charge >= 0.3 is 0 Å². The number of thiophene rings is 1. The lowest BCUT2D eigenvalue weighted by atomic mass is 10.2. The van der Waals surface area contributed by atoms with Crippen molar-refractivity contribution in [2.75, 3.05) is 25.9 Å². The van der Waals surface area contributed by atoms with Gasteiger partial charge < -0.3 is 16.0 Å². The molecule has 112 valence electrons. The summed E-state index contributed by atoms with van der Waals surface area (Å²) >= 11 is 4.94. The van der Waals surface area contributed by atoms with E-state index in [1.165, 1.54) is 24.2 Å². The number of carbonyl (C=O) groups excluding carboxylic acids is 1. The first-order valence-corrected chi connectivity index (χ1v) is 8.64. The number of halogens is 1. The van der Waals surface area contributed by atoms with Crippen LogP contribution in [0.4, 0.5) is 5.69 Å². The molecule has 0 radical (unpaired) electrons. The average Bonchev–Trinajstić information content (AvgIpc) is 3.24. The van der Waals surface area contributed by atoms with Gasteiger partial charge in [0, 0.05) is 33.7 Å². The predicted molar refractivity (Wildman–Crippen MR) is 91.9 cm³/mol. The van der Waals surface area contributed by atoms with Gasteiger partial charge in [0.25, 0.3) is 5.91 Å². The number of nitrogen functional groups attached to an aromatic ring is 1. The Morgan fingerprint density at radius 3 is 2.95 bits per heavy atom. The van der Waals surface area contributed by atoms with Gasteiger partial charge in [-0.2, -0.15) is 0 Å². The molecule has 3 N–H and O–H groups in total. The van der Waals surface area contributed by atoms with Crippen LogP contribution in [0.5, 0.6) is 0 Å². The highest BCUT2D eigenvalue weighted by atomic mass is 79.9. The molecule has 0 aliphatic heterocycles. The normalized spacial score (nSPS) is 14.8. The van der Waals surface area contributed by atoms with Gasteiger partial charge in [-0.15, -0.1) is 11.3 Å². The minimum atomic E-state index is -0.0789. The molecule has 1 saturated carbocycles. The number of anilines is 1. The summed E-state index contributed by atoms with van der Waals surface area (Å²) in [6.07, 6.45) is 2.56. The van der Waals surface area contributed by atoms with Crippen LogP contribution >= 0.6 is 27.3 Å². The quantitative estimate of drug-likeness (QED) is 0.853. The number of rotatable bonds is 5. The molecule has 1 fully saturated rings. The van der Waals surface area contributed by atoms with E-state index in [4.69, 9.17) is 5.73 Å². The fourth-order valence-electron chi connectivity index (χ4n) is 2.42. The summed E-state index contributed by atoms with van der Waals surface area (Å²) < 4.78 is 1.96. The molecule has 3 rings (SSSR count). The molecule has 0 atom stereocenters. The molecule has 4 nitrogen and oxygen atoms in total. The van der Waals surface area contributed by atoms with Crippen LogP contribution in [0, 0.1) is 0 Å². The Kier molecular flexibility index (Phi) is 4.19. The zero-order chi connectivity index (χ0) is 15.0. The van der Waals surface area contributed by atoms with Crippen molar-refractivity contribution in [3.05, 3.63) is 27.5 Å². The Balaban J connectivity index is 1.69. The van der Waals surface area contributed by atoms with Crippen molar-refractivity contribution in [1.82, 2.24) is 10.2 Å². The number of hydrogen-bond acceptors (Lipinski definition) is 4. The van der Waals surface area contributed by atoms with Gasteiger partial charge in [-0.1, -0.05) is 22.0 Å². The Bertz CT molecular complexity index is 681. The minimum absolute atomic E-state index is 0.0789. The molecule has 2 aromatic rings. The molecule has 6 heteroatoms. The molecule has 21 heavy (non-hydrogen) atoms. The summed E-state index contributed by atoms with van der Waals surface area (Å²) in [4.78, 5) is 15.2. The van der Waals surface area contributed by atoms with Gasteiger partial charge in [0.2, 0.25) is 0 Å². The number of likely N-dealkylation sites (N-methyl/N-ethyl adjacent to an activating group) is 1. The largest absolute Gasteiger partial charge is 0.397 e. The molecule has 1 aliphatic rings. The molecule has 0 unspecified atom stereocenters. The van der Waals surface area contributed by atoms with E-state index in [2.05, 4.69) is 33.2 Å². The van der Waals surface area contributed by atoms with Crippen LogP contribution in [-0.4, -0.2) is 37.0 Å². The zero-order valence-electron chi connectivity index (χ0n) is 11.9. The molecule has 1 aliphatic carbocycles. The first-order valence-electron chi connectivity index (χ1n) is 7.03. The molecule has 0 bridgehead atoms. The zero-order valence-corrected chi connectivity index (χ0v) is 14.3. The van der Waals surface area contributed by atoms with E-state index in [1.807, 2.05) is 18.2 Å². The lowest BCUT2D eigenvalue weighted by molar-refractivity contribution is 0.0954. The fourth-order valence-corrected chi connectivity index (χ4v) is 4.20. The maximum atomic E-state index is 12.3.